The first-order valence-electron chi connectivity index (χ1n) is 9.59. The van der Waals surface area contributed by atoms with Gasteiger partial charge in [0.2, 0.25) is 0 Å². The molecule has 0 unspecified atom stereocenters. The molecule has 0 radical (unpaired) electrons. The van der Waals surface area contributed by atoms with Gasteiger partial charge in [-0.25, -0.2) is 8.78 Å². The van der Waals surface area contributed by atoms with E-state index in [1.165, 1.54) is 6.08 Å². The van der Waals surface area contributed by atoms with Crippen molar-refractivity contribution in [3.63, 3.8) is 0 Å². The van der Waals surface area contributed by atoms with Gasteiger partial charge in [-0.15, -0.1) is 0 Å². The second-order valence-corrected chi connectivity index (χ2v) is 7.00. The van der Waals surface area contributed by atoms with Crippen molar-refractivity contribution in [2.45, 2.75) is 13.0 Å². The van der Waals surface area contributed by atoms with Gasteiger partial charge in [0.25, 0.3) is 5.91 Å². The third-order valence-corrected chi connectivity index (χ3v) is 4.30. The van der Waals surface area contributed by atoms with Crippen molar-refractivity contribution in [1.29, 1.82) is 0 Å². The van der Waals surface area contributed by atoms with Crippen LogP contribution in [-0.4, -0.2) is 35.5 Å². The number of halogens is 2. The molecule has 0 saturated carbocycles. The molecule has 0 spiro atoms. The van der Waals surface area contributed by atoms with E-state index in [0.29, 0.717) is 29.3 Å². The third-order valence-electron chi connectivity index (χ3n) is 4.30. The first kappa shape index (κ1) is 22.2. The lowest BCUT2D eigenvalue weighted by molar-refractivity contribution is 0.0917. The molecule has 162 valence electrons. The fourth-order valence-corrected chi connectivity index (χ4v) is 2.92. The van der Waals surface area contributed by atoms with E-state index in [1.54, 1.807) is 55.4 Å². The SMILES string of the molecule is COC[C@H](C)Oc1cc(C=Cc2cc(F)ccc2F)cc(C(=O)Nc2ccn(C)n2)c1. The summed E-state index contributed by atoms with van der Waals surface area (Å²) in [6, 6.07) is 9.82. The van der Waals surface area contributed by atoms with Gasteiger partial charge >= 0.3 is 0 Å². The molecular weight excluding hydrogens is 404 g/mol. The van der Waals surface area contributed by atoms with Crippen LogP contribution >= 0.6 is 0 Å². The van der Waals surface area contributed by atoms with Gasteiger partial charge in [-0.05, 0) is 48.9 Å². The van der Waals surface area contributed by atoms with Crippen molar-refractivity contribution < 1.29 is 23.0 Å². The second-order valence-electron chi connectivity index (χ2n) is 7.00. The van der Waals surface area contributed by atoms with Crippen LogP contribution in [0.2, 0.25) is 0 Å². The van der Waals surface area contributed by atoms with Crippen molar-refractivity contribution in [3.8, 4) is 5.75 Å². The largest absolute Gasteiger partial charge is 0.488 e. The highest BCUT2D eigenvalue weighted by atomic mass is 19.1. The maximum atomic E-state index is 13.9. The summed E-state index contributed by atoms with van der Waals surface area (Å²) in [6.07, 6.45) is 4.49. The summed E-state index contributed by atoms with van der Waals surface area (Å²) >= 11 is 0. The molecule has 1 amide bonds. The molecule has 1 atom stereocenters. The topological polar surface area (TPSA) is 65.4 Å². The number of benzene rings is 2. The van der Waals surface area contributed by atoms with E-state index in [1.807, 2.05) is 6.92 Å². The summed E-state index contributed by atoms with van der Waals surface area (Å²) in [4.78, 5) is 12.7. The van der Waals surface area contributed by atoms with Crippen molar-refractivity contribution in [1.82, 2.24) is 9.78 Å². The van der Waals surface area contributed by atoms with Crippen molar-refractivity contribution >= 4 is 23.9 Å². The van der Waals surface area contributed by atoms with Crippen LogP contribution < -0.4 is 10.1 Å². The zero-order valence-electron chi connectivity index (χ0n) is 17.4. The first-order valence-corrected chi connectivity index (χ1v) is 9.59. The smallest absolute Gasteiger partial charge is 0.257 e. The van der Waals surface area contributed by atoms with Crippen molar-refractivity contribution in [2.24, 2.45) is 7.05 Å². The summed E-state index contributed by atoms with van der Waals surface area (Å²) in [5.74, 6) is -0.618. The van der Waals surface area contributed by atoms with E-state index in [-0.39, 0.29) is 17.6 Å². The minimum absolute atomic E-state index is 0.0959. The fraction of sp³-hybridized carbons (Fsp3) is 0.217. The predicted octanol–water partition coefficient (Wildman–Crippen LogP) is 4.53. The van der Waals surface area contributed by atoms with Gasteiger partial charge in [0.15, 0.2) is 5.82 Å². The quantitative estimate of drug-likeness (QED) is 0.537. The lowest BCUT2D eigenvalue weighted by Gasteiger charge is -2.15. The molecule has 1 N–H and O–H groups in total. The Morgan fingerprint density at radius 3 is 2.71 bits per heavy atom. The third kappa shape index (κ3) is 6.23. The Hall–Kier alpha value is -3.52. The number of nitrogens with one attached hydrogen (secondary N) is 1. The maximum absolute atomic E-state index is 13.9. The summed E-state index contributed by atoms with van der Waals surface area (Å²) in [7, 11) is 3.31. The highest BCUT2D eigenvalue weighted by molar-refractivity contribution is 6.04. The predicted molar refractivity (Wildman–Crippen MR) is 115 cm³/mol. The van der Waals surface area contributed by atoms with Gasteiger partial charge in [0.05, 0.1) is 6.61 Å². The molecule has 0 aliphatic rings. The van der Waals surface area contributed by atoms with Crippen LogP contribution in [0.3, 0.4) is 0 Å². The molecule has 3 aromatic rings. The van der Waals surface area contributed by atoms with Gasteiger partial charge in [0.1, 0.15) is 23.5 Å². The molecule has 0 fully saturated rings. The Kier molecular flexibility index (Phi) is 7.15. The van der Waals surface area contributed by atoms with Gasteiger partial charge < -0.3 is 14.8 Å². The number of anilines is 1. The van der Waals surface area contributed by atoms with E-state index in [9.17, 15) is 13.6 Å². The standard InChI is InChI=1S/C23H23F2N3O3/c1-15(14-30-3)31-20-11-16(4-5-17-12-19(24)6-7-21(17)25)10-18(13-20)23(29)26-22-8-9-28(2)27-22/h4-13,15H,14H2,1-3H3,(H,26,27,29)/t15-/m0/s1. The van der Waals surface area contributed by atoms with Gasteiger partial charge in [0, 0.05) is 37.5 Å². The molecule has 0 saturated heterocycles. The maximum Gasteiger partial charge on any atom is 0.257 e. The summed E-state index contributed by atoms with van der Waals surface area (Å²) in [6.45, 7) is 2.20. The molecule has 1 aromatic heterocycles. The highest BCUT2D eigenvalue weighted by Crippen LogP contribution is 2.22. The molecule has 1 heterocycles. The summed E-state index contributed by atoms with van der Waals surface area (Å²) in [5, 5.41) is 6.85. The fourth-order valence-electron chi connectivity index (χ4n) is 2.92. The van der Waals surface area contributed by atoms with Crippen LogP contribution in [0.1, 0.15) is 28.4 Å². The Morgan fingerprint density at radius 1 is 1.19 bits per heavy atom. The van der Waals surface area contributed by atoms with Crippen molar-refractivity contribution in [2.75, 3.05) is 19.0 Å². The number of carbonyl (C=O) groups excluding carboxylic acids is 1. The second kappa shape index (κ2) is 9.99. The first-order chi connectivity index (χ1) is 14.8. The average molecular weight is 427 g/mol. The van der Waals surface area contributed by atoms with Crippen LogP contribution in [0.15, 0.2) is 48.7 Å². The molecule has 31 heavy (non-hydrogen) atoms. The van der Waals surface area contributed by atoms with E-state index in [4.69, 9.17) is 9.47 Å². The van der Waals surface area contributed by atoms with Crippen LogP contribution in [0.5, 0.6) is 5.75 Å². The van der Waals surface area contributed by atoms with Crippen LogP contribution in [-0.2, 0) is 11.8 Å². The lowest BCUT2D eigenvalue weighted by Crippen LogP contribution is -2.19. The normalized spacial score (nSPS) is 12.2. The number of amides is 1. The zero-order valence-corrected chi connectivity index (χ0v) is 17.4. The molecule has 0 aliphatic heterocycles. The minimum Gasteiger partial charge on any atom is -0.488 e. The van der Waals surface area contributed by atoms with E-state index in [2.05, 4.69) is 10.4 Å². The number of ether oxygens (including phenoxy) is 2. The Balaban J connectivity index is 1.91. The van der Waals surface area contributed by atoms with Crippen LogP contribution in [0, 0.1) is 11.6 Å². The van der Waals surface area contributed by atoms with E-state index < -0.39 is 11.6 Å². The summed E-state index contributed by atoms with van der Waals surface area (Å²) < 4.78 is 39.9. The van der Waals surface area contributed by atoms with E-state index >= 15 is 0 Å². The lowest BCUT2D eigenvalue weighted by atomic mass is 10.1. The molecule has 3 rings (SSSR count). The molecule has 8 heteroatoms. The summed E-state index contributed by atoms with van der Waals surface area (Å²) in [5.41, 5.74) is 1.00. The molecule has 6 nitrogen and oxygen atoms in total. The molecule has 0 bridgehead atoms. The Labute approximate surface area is 179 Å². The Bertz CT molecular complexity index is 1100. The van der Waals surface area contributed by atoms with E-state index in [0.717, 1.165) is 18.2 Å². The van der Waals surface area contributed by atoms with Crippen LogP contribution in [0.25, 0.3) is 12.2 Å². The van der Waals surface area contributed by atoms with Gasteiger partial charge in [-0.2, -0.15) is 5.10 Å². The number of aromatic nitrogens is 2. The van der Waals surface area contributed by atoms with Crippen LogP contribution in [0.4, 0.5) is 14.6 Å². The number of nitrogens with zero attached hydrogens (tertiary/aromatic N) is 2. The number of hydrogen-bond acceptors (Lipinski definition) is 4. The molecule has 0 aliphatic carbocycles. The molecular formula is C23H23F2N3O3. The zero-order chi connectivity index (χ0) is 22.4. The van der Waals surface area contributed by atoms with Gasteiger partial charge in [-0.1, -0.05) is 12.2 Å². The number of rotatable bonds is 8. The number of aryl methyl sites for hydroxylation is 1. The average Bonchev–Trinajstić information content (AvgIpc) is 3.13. The highest BCUT2D eigenvalue weighted by Gasteiger charge is 2.12. The number of hydrogen-bond donors (Lipinski definition) is 1. The van der Waals surface area contributed by atoms with Gasteiger partial charge in [-0.3, -0.25) is 9.48 Å². The number of carbonyl (C=O) groups is 1. The molecule has 2 aromatic carbocycles. The minimum atomic E-state index is -0.549. The Morgan fingerprint density at radius 2 is 2.00 bits per heavy atom. The van der Waals surface area contributed by atoms with Crippen molar-refractivity contribution in [3.05, 3.63) is 77.0 Å². The monoisotopic (exact) mass is 427 g/mol. The number of methoxy groups -OCH3 is 1.